The molecule has 0 radical (unpaired) electrons. The van der Waals surface area contributed by atoms with Gasteiger partial charge in [-0.1, -0.05) is 24.3 Å². The normalized spacial score (nSPS) is 23.4. The first kappa shape index (κ1) is 13.6. The lowest BCUT2D eigenvalue weighted by molar-refractivity contribution is -0.136. The molecule has 20 heavy (non-hydrogen) atoms. The standard InChI is InChI=1S/C16H22N2O2/c1-20-14-6-8-18(9-7-14)16(19)15-10-12-4-2-3-5-13(12)11-17-15/h2-5,14-15,17H,6-11H2,1H3/t15-/m1/s1. The molecule has 0 unspecified atom stereocenters. The van der Waals surface area contributed by atoms with Gasteiger partial charge in [0.05, 0.1) is 12.1 Å². The third-order valence-corrected chi connectivity index (χ3v) is 4.47. The van der Waals surface area contributed by atoms with Gasteiger partial charge in [-0.15, -0.1) is 0 Å². The number of likely N-dealkylation sites (tertiary alicyclic amines) is 1. The van der Waals surface area contributed by atoms with Crippen molar-refractivity contribution in [1.29, 1.82) is 0 Å². The minimum Gasteiger partial charge on any atom is -0.381 e. The highest BCUT2D eigenvalue weighted by Gasteiger charge is 2.30. The Balaban J connectivity index is 1.62. The molecular weight excluding hydrogens is 252 g/mol. The molecule has 0 bridgehead atoms. The number of methoxy groups -OCH3 is 1. The van der Waals surface area contributed by atoms with Crippen molar-refractivity contribution < 1.29 is 9.53 Å². The number of carbonyl (C=O) groups excluding carboxylic acids is 1. The Kier molecular flexibility index (Phi) is 4.03. The number of hydrogen-bond donors (Lipinski definition) is 1. The Morgan fingerprint density at radius 1 is 1.25 bits per heavy atom. The Labute approximate surface area is 120 Å². The number of nitrogens with one attached hydrogen (secondary N) is 1. The minimum atomic E-state index is -0.0657. The average Bonchev–Trinajstić information content (AvgIpc) is 2.54. The van der Waals surface area contributed by atoms with Crippen molar-refractivity contribution in [1.82, 2.24) is 10.2 Å². The monoisotopic (exact) mass is 274 g/mol. The molecule has 1 saturated heterocycles. The van der Waals surface area contributed by atoms with E-state index in [0.29, 0.717) is 6.10 Å². The van der Waals surface area contributed by atoms with Crippen LogP contribution in [0, 0.1) is 0 Å². The smallest absolute Gasteiger partial charge is 0.240 e. The minimum absolute atomic E-state index is 0.0657. The Hall–Kier alpha value is -1.39. The zero-order valence-electron chi connectivity index (χ0n) is 12.0. The summed E-state index contributed by atoms with van der Waals surface area (Å²) in [6.45, 7) is 2.43. The number of amides is 1. The summed E-state index contributed by atoms with van der Waals surface area (Å²) < 4.78 is 5.36. The SMILES string of the molecule is COC1CCN(C(=O)[C@H]2Cc3ccccc3CN2)CC1. The molecule has 0 aliphatic carbocycles. The second-order valence-electron chi connectivity index (χ2n) is 5.67. The van der Waals surface area contributed by atoms with Crippen LogP contribution >= 0.6 is 0 Å². The van der Waals surface area contributed by atoms with E-state index in [4.69, 9.17) is 4.74 Å². The fourth-order valence-electron chi connectivity index (χ4n) is 3.16. The fraction of sp³-hybridized carbons (Fsp3) is 0.562. The summed E-state index contributed by atoms with van der Waals surface area (Å²) in [5.74, 6) is 0.244. The van der Waals surface area contributed by atoms with Crippen LogP contribution in [0.2, 0.25) is 0 Å². The van der Waals surface area contributed by atoms with E-state index in [9.17, 15) is 4.79 Å². The third kappa shape index (κ3) is 2.72. The van der Waals surface area contributed by atoms with E-state index < -0.39 is 0 Å². The van der Waals surface area contributed by atoms with E-state index in [1.807, 2.05) is 4.90 Å². The number of nitrogens with zero attached hydrogens (tertiary/aromatic N) is 1. The Bertz CT molecular complexity index is 481. The van der Waals surface area contributed by atoms with Crippen LogP contribution in [0.3, 0.4) is 0 Å². The van der Waals surface area contributed by atoms with E-state index >= 15 is 0 Å². The van der Waals surface area contributed by atoms with E-state index in [1.165, 1.54) is 11.1 Å². The van der Waals surface area contributed by atoms with Crippen LogP contribution in [0.5, 0.6) is 0 Å². The molecular formula is C16H22N2O2. The van der Waals surface area contributed by atoms with E-state index in [-0.39, 0.29) is 11.9 Å². The Morgan fingerprint density at radius 3 is 2.65 bits per heavy atom. The maximum Gasteiger partial charge on any atom is 0.240 e. The van der Waals surface area contributed by atoms with Gasteiger partial charge < -0.3 is 15.0 Å². The predicted molar refractivity (Wildman–Crippen MR) is 77.4 cm³/mol. The maximum absolute atomic E-state index is 12.6. The van der Waals surface area contributed by atoms with Crippen molar-refractivity contribution in [3.8, 4) is 0 Å². The second kappa shape index (κ2) is 5.94. The molecule has 1 atom stereocenters. The largest absolute Gasteiger partial charge is 0.381 e. The lowest BCUT2D eigenvalue weighted by atomic mass is 9.94. The van der Waals surface area contributed by atoms with Crippen LogP contribution in [-0.2, 0) is 22.5 Å². The molecule has 1 N–H and O–H groups in total. The van der Waals surface area contributed by atoms with Gasteiger partial charge in [0.15, 0.2) is 0 Å². The number of fused-ring (bicyclic) bond motifs is 1. The second-order valence-corrected chi connectivity index (χ2v) is 5.67. The molecule has 1 amide bonds. The molecule has 1 fully saturated rings. The van der Waals surface area contributed by atoms with Crippen LogP contribution in [0.25, 0.3) is 0 Å². The first-order valence-corrected chi connectivity index (χ1v) is 7.39. The summed E-state index contributed by atoms with van der Waals surface area (Å²) in [6, 6.07) is 8.30. The maximum atomic E-state index is 12.6. The molecule has 2 heterocycles. The van der Waals surface area contributed by atoms with Crippen LogP contribution in [0.4, 0.5) is 0 Å². The summed E-state index contributed by atoms with van der Waals surface area (Å²) in [5.41, 5.74) is 2.62. The molecule has 0 saturated carbocycles. The number of hydrogen-bond acceptors (Lipinski definition) is 3. The van der Waals surface area contributed by atoms with Gasteiger partial charge in [0.2, 0.25) is 5.91 Å². The highest BCUT2D eigenvalue weighted by Crippen LogP contribution is 2.19. The topological polar surface area (TPSA) is 41.6 Å². The summed E-state index contributed by atoms with van der Waals surface area (Å²) in [7, 11) is 1.75. The first-order valence-electron chi connectivity index (χ1n) is 7.39. The fourth-order valence-corrected chi connectivity index (χ4v) is 3.16. The van der Waals surface area contributed by atoms with E-state index in [0.717, 1.165) is 38.9 Å². The highest BCUT2D eigenvalue weighted by molar-refractivity contribution is 5.82. The van der Waals surface area contributed by atoms with Gasteiger partial charge in [-0.05, 0) is 30.4 Å². The quantitative estimate of drug-likeness (QED) is 0.885. The van der Waals surface area contributed by atoms with Gasteiger partial charge in [-0.25, -0.2) is 0 Å². The van der Waals surface area contributed by atoms with Gasteiger partial charge in [0.25, 0.3) is 0 Å². The van der Waals surface area contributed by atoms with Gasteiger partial charge >= 0.3 is 0 Å². The third-order valence-electron chi connectivity index (χ3n) is 4.47. The number of rotatable bonds is 2. The predicted octanol–water partition coefficient (Wildman–Crippen LogP) is 1.34. The van der Waals surface area contributed by atoms with Crippen LogP contribution in [-0.4, -0.2) is 43.2 Å². The molecule has 1 aromatic rings. The van der Waals surface area contributed by atoms with Gasteiger partial charge in [-0.3, -0.25) is 4.79 Å². The number of ether oxygens (including phenoxy) is 1. The van der Waals surface area contributed by atoms with Crippen molar-refractivity contribution >= 4 is 5.91 Å². The van der Waals surface area contributed by atoms with Gasteiger partial charge in [-0.2, -0.15) is 0 Å². The highest BCUT2D eigenvalue weighted by atomic mass is 16.5. The summed E-state index contributed by atoms with van der Waals surface area (Å²) in [6.07, 6.45) is 3.02. The molecule has 4 nitrogen and oxygen atoms in total. The van der Waals surface area contributed by atoms with Gasteiger partial charge in [0.1, 0.15) is 0 Å². The lowest BCUT2D eigenvalue weighted by Gasteiger charge is -2.35. The van der Waals surface area contributed by atoms with Crippen molar-refractivity contribution in [3.05, 3.63) is 35.4 Å². The Morgan fingerprint density at radius 2 is 1.95 bits per heavy atom. The number of benzene rings is 1. The lowest BCUT2D eigenvalue weighted by Crippen LogP contribution is -2.52. The van der Waals surface area contributed by atoms with Crippen LogP contribution in [0.1, 0.15) is 24.0 Å². The number of carbonyl (C=O) groups is 1. The summed E-state index contributed by atoms with van der Waals surface area (Å²) in [5, 5.41) is 3.38. The molecule has 1 aromatic carbocycles. The molecule has 3 rings (SSSR count). The molecule has 2 aliphatic rings. The van der Waals surface area contributed by atoms with Crippen molar-refractivity contribution in [2.75, 3.05) is 20.2 Å². The molecule has 108 valence electrons. The van der Waals surface area contributed by atoms with Gasteiger partial charge in [0, 0.05) is 26.7 Å². The summed E-state index contributed by atoms with van der Waals surface area (Å²) in [4.78, 5) is 14.6. The first-order chi connectivity index (χ1) is 9.78. The van der Waals surface area contributed by atoms with E-state index in [2.05, 4.69) is 29.6 Å². The molecule has 4 heteroatoms. The van der Waals surface area contributed by atoms with Crippen molar-refractivity contribution in [2.45, 2.75) is 38.0 Å². The van der Waals surface area contributed by atoms with Crippen LogP contribution < -0.4 is 5.32 Å². The molecule has 0 aromatic heterocycles. The van der Waals surface area contributed by atoms with Crippen LogP contribution in [0.15, 0.2) is 24.3 Å². The summed E-state index contributed by atoms with van der Waals surface area (Å²) >= 11 is 0. The van der Waals surface area contributed by atoms with E-state index in [1.54, 1.807) is 7.11 Å². The number of piperidine rings is 1. The average molecular weight is 274 g/mol. The van der Waals surface area contributed by atoms with Crippen molar-refractivity contribution in [2.24, 2.45) is 0 Å². The molecule has 2 aliphatic heterocycles. The zero-order valence-corrected chi connectivity index (χ0v) is 12.0. The van der Waals surface area contributed by atoms with Crippen molar-refractivity contribution in [3.63, 3.8) is 0 Å². The zero-order chi connectivity index (χ0) is 13.9. The molecule has 0 spiro atoms.